The normalized spacial score (nSPS) is 12.4. The number of hydrogen-bond donors (Lipinski definition) is 3. The second kappa shape index (κ2) is 64.4. The zero-order valence-corrected chi connectivity index (χ0v) is 50.6. The molecule has 3 N–H and O–H groups in total. The van der Waals surface area contributed by atoms with Gasteiger partial charge in [0.25, 0.3) is 0 Å². The van der Waals surface area contributed by atoms with Crippen LogP contribution >= 0.6 is 0 Å². The highest BCUT2D eigenvalue weighted by atomic mass is 16.5. The lowest BCUT2D eigenvalue weighted by Crippen LogP contribution is -2.45. The van der Waals surface area contributed by atoms with Crippen LogP contribution in [0.25, 0.3) is 0 Å². The van der Waals surface area contributed by atoms with Crippen LogP contribution in [0.1, 0.15) is 399 Å². The van der Waals surface area contributed by atoms with Gasteiger partial charge in [0.05, 0.1) is 25.4 Å². The lowest BCUT2D eigenvalue weighted by molar-refractivity contribution is -0.143. The molecular weight excluding hydrogens is 911 g/mol. The van der Waals surface area contributed by atoms with E-state index in [2.05, 4.69) is 19.2 Å². The molecule has 6 nitrogen and oxygen atoms in total. The summed E-state index contributed by atoms with van der Waals surface area (Å²) in [5.41, 5.74) is 0. The van der Waals surface area contributed by atoms with Crippen LogP contribution in [0.3, 0.4) is 0 Å². The molecule has 2 unspecified atom stereocenters. The molecule has 0 aromatic heterocycles. The van der Waals surface area contributed by atoms with Gasteiger partial charge in [0.1, 0.15) is 0 Å². The van der Waals surface area contributed by atoms with Crippen molar-refractivity contribution in [1.82, 2.24) is 5.32 Å². The molecule has 0 heterocycles. The first kappa shape index (κ1) is 72.9. The highest BCUT2D eigenvalue weighted by Gasteiger charge is 2.20. The second-order valence-electron chi connectivity index (χ2n) is 23.9. The summed E-state index contributed by atoms with van der Waals surface area (Å²) in [6, 6.07) is -0.544. The Labute approximate surface area is 464 Å². The molecule has 0 fully saturated rings. The van der Waals surface area contributed by atoms with E-state index in [0.717, 1.165) is 38.5 Å². The van der Waals surface area contributed by atoms with Crippen molar-refractivity contribution in [2.75, 3.05) is 13.2 Å². The van der Waals surface area contributed by atoms with E-state index in [0.29, 0.717) is 25.9 Å². The Kier molecular flexibility index (Phi) is 63.4. The Hall–Kier alpha value is -1.14. The van der Waals surface area contributed by atoms with Crippen LogP contribution in [-0.4, -0.2) is 47.4 Å². The largest absolute Gasteiger partial charge is 0.466 e. The van der Waals surface area contributed by atoms with Crippen molar-refractivity contribution in [3.05, 3.63) is 0 Å². The number of carbonyl (C=O) groups excluding carboxylic acids is 2. The van der Waals surface area contributed by atoms with E-state index >= 15 is 0 Å². The third kappa shape index (κ3) is 60.1. The van der Waals surface area contributed by atoms with Gasteiger partial charge >= 0.3 is 5.97 Å². The maximum atomic E-state index is 12.5. The molecular formula is C68H135NO5. The van der Waals surface area contributed by atoms with Crippen molar-refractivity contribution >= 4 is 11.9 Å². The molecule has 0 rings (SSSR count). The summed E-state index contributed by atoms with van der Waals surface area (Å²) in [6.45, 7) is 5.00. The average Bonchev–Trinajstić information content (AvgIpc) is 3.40. The van der Waals surface area contributed by atoms with Gasteiger partial charge in [0, 0.05) is 12.8 Å². The molecule has 2 atom stereocenters. The second-order valence-corrected chi connectivity index (χ2v) is 23.9. The van der Waals surface area contributed by atoms with Gasteiger partial charge in [-0.15, -0.1) is 0 Å². The number of amides is 1. The maximum absolute atomic E-state index is 12.5. The number of rotatable bonds is 65. The number of hydrogen-bond acceptors (Lipinski definition) is 5. The Morgan fingerprint density at radius 3 is 0.824 bits per heavy atom. The van der Waals surface area contributed by atoms with Gasteiger partial charge in [0.2, 0.25) is 5.91 Å². The molecule has 0 saturated heterocycles. The number of nitrogens with one attached hydrogen (secondary N) is 1. The van der Waals surface area contributed by atoms with E-state index in [1.807, 2.05) is 0 Å². The Balaban J connectivity index is 3.38. The van der Waals surface area contributed by atoms with Crippen molar-refractivity contribution in [2.24, 2.45) is 0 Å². The van der Waals surface area contributed by atoms with Gasteiger partial charge in [-0.3, -0.25) is 9.59 Å². The first-order valence-electron chi connectivity index (χ1n) is 34.3. The highest BCUT2D eigenvalue weighted by molar-refractivity contribution is 5.76. The molecule has 0 aliphatic heterocycles. The SMILES string of the molecule is CCCCCCCCCCCCCCCCCCCCCCCCCC(O)C(CO)NC(=O)CCCCCCCCCCCCCCCCCCCCCOC(=O)CCCCCCCCCCCCCCCCC. The summed E-state index contributed by atoms with van der Waals surface area (Å²) < 4.78 is 5.49. The van der Waals surface area contributed by atoms with Crippen molar-refractivity contribution in [2.45, 2.75) is 411 Å². The van der Waals surface area contributed by atoms with Crippen LogP contribution in [0.2, 0.25) is 0 Å². The number of aliphatic hydroxyl groups excluding tert-OH is 2. The van der Waals surface area contributed by atoms with E-state index in [1.165, 1.54) is 327 Å². The molecule has 0 aromatic carbocycles. The monoisotopic (exact) mass is 1050 g/mol. The highest BCUT2D eigenvalue weighted by Crippen LogP contribution is 2.19. The minimum Gasteiger partial charge on any atom is -0.466 e. The van der Waals surface area contributed by atoms with Crippen molar-refractivity contribution in [1.29, 1.82) is 0 Å². The molecule has 0 spiro atoms. The summed E-state index contributed by atoms with van der Waals surface area (Å²) in [5, 5.41) is 23.4. The van der Waals surface area contributed by atoms with Gasteiger partial charge in [-0.05, 0) is 25.7 Å². The molecule has 0 aromatic rings. The van der Waals surface area contributed by atoms with E-state index in [1.54, 1.807) is 0 Å². The maximum Gasteiger partial charge on any atom is 0.305 e. The number of esters is 1. The molecule has 442 valence electrons. The van der Waals surface area contributed by atoms with Gasteiger partial charge in [0.15, 0.2) is 0 Å². The molecule has 6 heteroatoms. The van der Waals surface area contributed by atoms with Crippen LogP contribution in [0.15, 0.2) is 0 Å². The lowest BCUT2D eigenvalue weighted by Gasteiger charge is -2.22. The zero-order chi connectivity index (χ0) is 53.6. The minimum atomic E-state index is -0.666. The van der Waals surface area contributed by atoms with Gasteiger partial charge < -0.3 is 20.3 Å². The molecule has 0 saturated carbocycles. The van der Waals surface area contributed by atoms with Crippen LogP contribution in [0, 0.1) is 0 Å². The van der Waals surface area contributed by atoms with Crippen LogP contribution in [0.4, 0.5) is 0 Å². The van der Waals surface area contributed by atoms with Crippen molar-refractivity contribution < 1.29 is 24.5 Å². The first-order chi connectivity index (χ1) is 36.5. The Bertz CT molecular complexity index is 1070. The van der Waals surface area contributed by atoms with E-state index < -0.39 is 12.1 Å². The lowest BCUT2D eigenvalue weighted by atomic mass is 10.0. The summed E-state index contributed by atoms with van der Waals surface area (Å²) >= 11 is 0. The number of carbonyl (C=O) groups is 2. The van der Waals surface area contributed by atoms with E-state index in [4.69, 9.17) is 4.74 Å². The predicted molar refractivity (Wildman–Crippen MR) is 324 cm³/mol. The fourth-order valence-corrected chi connectivity index (χ4v) is 11.2. The summed E-state index contributed by atoms with van der Waals surface area (Å²) in [7, 11) is 0. The number of unbranched alkanes of at least 4 members (excludes halogenated alkanes) is 54. The molecule has 74 heavy (non-hydrogen) atoms. The standard InChI is InChI=1S/C68H135NO5/c1-3-5-7-9-11-13-15-17-19-20-21-22-23-24-26-29-33-36-40-44-48-52-56-60-66(71)65(64-70)69-67(72)61-57-53-49-45-41-37-34-30-27-25-28-31-35-39-43-47-51-55-59-63-74-68(73)62-58-54-50-46-42-38-32-18-16-14-12-10-8-6-4-2/h65-66,70-71H,3-64H2,1-2H3,(H,69,72). The predicted octanol–water partition coefficient (Wildman–Crippen LogP) is 21.8. The minimum absolute atomic E-state index is 0.0136. The van der Waals surface area contributed by atoms with Crippen molar-refractivity contribution in [3.8, 4) is 0 Å². The van der Waals surface area contributed by atoms with Crippen LogP contribution in [0.5, 0.6) is 0 Å². The third-order valence-corrected chi connectivity index (χ3v) is 16.4. The quantitative estimate of drug-likeness (QED) is 0.0417. The van der Waals surface area contributed by atoms with Crippen molar-refractivity contribution in [3.63, 3.8) is 0 Å². The molecule has 0 aliphatic rings. The molecule has 0 aliphatic carbocycles. The summed E-state index contributed by atoms with van der Waals surface area (Å²) in [4.78, 5) is 24.6. The van der Waals surface area contributed by atoms with Gasteiger partial charge in [-0.1, -0.05) is 361 Å². The topological polar surface area (TPSA) is 95.9 Å². The fraction of sp³-hybridized carbons (Fsp3) is 0.971. The molecule has 0 radical (unpaired) electrons. The summed E-state index contributed by atoms with van der Waals surface area (Å²) in [6.07, 6.45) is 77.0. The summed E-state index contributed by atoms with van der Waals surface area (Å²) in [5.74, 6) is -0.0185. The van der Waals surface area contributed by atoms with Gasteiger partial charge in [-0.25, -0.2) is 0 Å². The van der Waals surface area contributed by atoms with Crippen LogP contribution < -0.4 is 5.32 Å². The van der Waals surface area contributed by atoms with Gasteiger partial charge in [-0.2, -0.15) is 0 Å². The van der Waals surface area contributed by atoms with E-state index in [9.17, 15) is 19.8 Å². The smallest absolute Gasteiger partial charge is 0.305 e. The molecule has 1 amide bonds. The van der Waals surface area contributed by atoms with Crippen LogP contribution in [-0.2, 0) is 14.3 Å². The zero-order valence-electron chi connectivity index (χ0n) is 50.6. The Morgan fingerprint density at radius 2 is 0.554 bits per heavy atom. The number of aliphatic hydroxyl groups is 2. The fourth-order valence-electron chi connectivity index (χ4n) is 11.2. The molecule has 0 bridgehead atoms. The third-order valence-electron chi connectivity index (χ3n) is 16.4. The first-order valence-corrected chi connectivity index (χ1v) is 34.3. The number of ether oxygens (including phenoxy) is 1. The van der Waals surface area contributed by atoms with E-state index in [-0.39, 0.29) is 18.5 Å². The average molecular weight is 1050 g/mol. The Morgan fingerprint density at radius 1 is 0.324 bits per heavy atom.